The van der Waals surface area contributed by atoms with Crippen molar-refractivity contribution in [3.05, 3.63) is 41.6 Å². The standard InChI is InChI=1S/C12H15N5O/c1-8-7-9(3-4-10(8)15-13)12(18)14-11-5-6-17(2)16-11/h3-7,15H,13H2,1-2H3,(H,14,16,18). The van der Waals surface area contributed by atoms with Crippen LogP contribution < -0.4 is 16.6 Å². The van der Waals surface area contributed by atoms with E-state index in [0.29, 0.717) is 11.4 Å². The molecule has 18 heavy (non-hydrogen) atoms. The van der Waals surface area contributed by atoms with Gasteiger partial charge >= 0.3 is 0 Å². The molecule has 1 aromatic carbocycles. The Kier molecular flexibility index (Phi) is 3.29. The molecule has 0 saturated carbocycles. The van der Waals surface area contributed by atoms with Crippen LogP contribution in [-0.4, -0.2) is 15.7 Å². The molecule has 0 saturated heterocycles. The number of nitrogens with zero attached hydrogens (tertiary/aromatic N) is 2. The zero-order valence-electron chi connectivity index (χ0n) is 10.3. The third kappa shape index (κ3) is 2.49. The van der Waals surface area contributed by atoms with E-state index in [1.807, 2.05) is 6.92 Å². The summed E-state index contributed by atoms with van der Waals surface area (Å²) in [6.45, 7) is 1.88. The summed E-state index contributed by atoms with van der Waals surface area (Å²) in [6, 6.07) is 6.98. The van der Waals surface area contributed by atoms with E-state index < -0.39 is 0 Å². The highest BCUT2D eigenvalue weighted by Crippen LogP contribution is 2.16. The molecular formula is C12H15N5O. The maximum Gasteiger partial charge on any atom is 0.256 e. The Balaban J connectivity index is 2.16. The van der Waals surface area contributed by atoms with E-state index in [-0.39, 0.29) is 5.91 Å². The van der Waals surface area contributed by atoms with Gasteiger partial charge in [-0.3, -0.25) is 15.3 Å². The van der Waals surface area contributed by atoms with E-state index in [4.69, 9.17) is 5.84 Å². The van der Waals surface area contributed by atoms with Gasteiger partial charge in [0.15, 0.2) is 5.82 Å². The Morgan fingerprint density at radius 2 is 2.17 bits per heavy atom. The Labute approximate surface area is 105 Å². The number of anilines is 2. The first-order valence-electron chi connectivity index (χ1n) is 5.48. The molecule has 1 aromatic heterocycles. The maximum absolute atomic E-state index is 12.0. The fourth-order valence-corrected chi connectivity index (χ4v) is 1.64. The highest BCUT2D eigenvalue weighted by molar-refractivity contribution is 6.04. The molecule has 0 aliphatic heterocycles. The van der Waals surface area contributed by atoms with Gasteiger partial charge < -0.3 is 10.7 Å². The van der Waals surface area contributed by atoms with Crippen LogP contribution in [0.3, 0.4) is 0 Å². The van der Waals surface area contributed by atoms with Crippen LogP contribution in [0.2, 0.25) is 0 Å². The molecule has 0 atom stereocenters. The minimum atomic E-state index is -0.194. The van der Waals surface area contributed by atoms with Crippen LogP contribution in [0.4, 0.5) is 11.5 Å². The van der Waals surface area contributed by atoms with E-state index in [0.717, 1.165) is 11.3 Å². The van der Waals surface area contributed by atoms with Crippen molar-refractivity contribution in [2.24, 2.45) is 12.9 Å². The first-order chi connectivity index (χ1) is 8.60. The van der Waals surface area contributed by atoms with Gasteiger partial charge in [0.05, 0.1) is 5.69 Å². The van der Waals surface area contributed by atoms with Gasteiger partial charge in [0.25, 0.3) is 5.91 Å². The van der Waals surface area contributed by atoms with E-state index >= 15 is 0 Å². The zero-order valence-corrected chi connectivity index (χ0v) is 10.3. The lowest BCUT2D eigenvalue weighted by molar-refractivity contribution is 0.102. The predicted molar refractivity (Wildman–Crippen MR) is 70.2 cm³/mol. The number of hydrogen-bond acceptors (Lipinski definition) is 4. The first kappa shape index (κ1) is 12.1. The Bertz CT molecular complexity index is 576. The molecule has 0 aliphatic rings. The van der Waals surface area contributed by atoms with Crippen molar-refractivity contribution in [1.29, 1.82) is 0 Å². The summed E-state index contributed by atoms with van der Waals surface area (Å²) in [5.41, 5.74) is 4.84. The summed E-state index contributed by atoms with van der Waals surface area (Å²) < 4.78 is 1.63. The predicted octanol–water partition coefficient (Wildman–Crippen LogP) is 1.27. The number of benzene rings is 1. The molecule has 6 nitrogen and oxygen atoms in total. The van der Waals surface area contributed by atoms with Crippen molar-refractivity contribution < 1.29 is 4.79 Å². The molecule has 2 rings (SSSR count). The first-order valence-corrected chi connectivity index (χ1v) is 5.48. The number of nitrogen functional groups attached to an aromatic ring is 1. The van der Waals surface area contributed by atoms with Gasteiger partial charge in [-0.1, -0.05) is 0 Å². The molecule has 2 aromatic rings. The number of carbonyl (C=O) groups excluding carboxylic acids is 1. The van der Waals surface area contributed by atoms with Crippen LogP contribution in [0.15, 0.2) is 30.5 Å². The molecule has 0 radical (unpaired) electrons. The van der Waals surface area contributed by atoms with Crippen molar-refractivity contribution in [1.82, 2.24) is 9.78 Å². The molecule has 6 heteroatoms. The van der Waals surface area contributed by atoms with Crippen molar-refractivity contribution in [2.45, 2.75) is 6.92 Å². The molecule has 0 unspecified atom stereocenters. The largest absolute Gasteiger partial charge is 0.324 e. The molecule has 4 N–H and O–H groups in total. The molecule has 0 aliphatic carbocycles. The summed E-state index contributed by atoms with van der Waals surface area (Å²) in [5.74, 6) is 5.67. The average molecular weight is 245 g/mol. The Morgan fingerprint density at radius 1 is 1.39 bits per heavy atom. The number of carbonyl (C=O) groups is 1. The topological polar surface area (TPSA) is 85.0 Å². The van der Waals surface area contributed by atoms with Crippen molar-refractivity contribution in [2.75, 3.05) is 10.7 Å². The van der Waals surface area contributed by atoms with E-state index in [2.05, 4.69) is 15.8 Å². The minimum absolute atomic E-state index is 0.194. The SMILES string of the molecule is Cc1cc(C(=O)Nc2ccn(C)n2)ccc1NN. The van der Waals surface area contributed by atoms with E-state index in [9.17, 15) is 4.79 Å². The third-order valence-corrected chi connectivity index (χ3v) is 2.60. The molecular weight excluding hydrogens is 230 g/mol. The number of nitrogens with two attached hydrogens (primary N) is 1. The summed E-state index contributed by atoms with van der Waals surface area (Å²) in [5, 5.41) is 6.81. The summed E-state index contributed by atoms with van der Waals surface area (Å²) in [4.78, 5) is 12.0. The van der Waals surface area contributed by atoms with Crippen LogP contribution >= 0.6 is 0 Å². The van der Waals surface area contributed by atoms with Gasteiger partial charge in [0.1, 0.15) is 0 Å². The quantitative estimate of drug-likeness (QED) is 0.561. The third-order valence-electron chi connectivity index (χ3n) is 2.60. The lowest BCUT2D eigenvalue weighted by Crippen LogP contribution is -2.14. The molecule has 94 valence electrons. The number of hydrazine groups is 1. The summed E-state index contributed by atoms with van der Waals surface area (Å²) in [7, 11) is 1.79. The zero-order chi connectivity index (χ0) is 13.1. The van der Waals surface area contributed by atoms with E-state index in [1.54, 1.807) is 42.2 Å². The number of hydrogen-bond donors (Lipinski definition) is 3. The van der Waals surface area contributed by atoms with Crippen LogP contribution in [0.1, 0.15) is 15.9 Å². The normalized spacial score (nSPS) is 10.2. The molecule has 0 spiro atoms. The highest BCUT2D eigenvalue weighted by atomic mass is 16.1. The number of nitrogens with one attached hydrogen (secondary N) is 2. The lowest BCUT2D eigenvalue weighted by Gasteiger charge is -2.07. The molecule has 0 fully saturated rings. The van der Waals surface area contributed by atoms with Crippen LogP contribution in [-0.2, 0) is 7.05 Å². The smallest absolute Gasteiger partial charge is 0.256 e. The summed E-state index contributed by atoms with van der Waals surface area (Å²) >= 11 is 0. The highest BCUT2D eigenvalue weighted by Gasteiger charge is 2.09. The van der Waals surface area contributed by atoms with Crippen LogP contribution in [0, 0.1) is 6.92 Å². The Morgan fingerprint density at radius 3 is 2.72 bits per heavy atom. The van der Waals surface area contributed by atoms with Crippen molar-refractivity contribution in [3.63, 3.8) is 0 Å². The Hall–Kier alpha value is -2.34. The second-order valence-corrected chi connectivity index (χ2v) is 4.00. The molecule has 1 heterocycles. The summed E-state index contributed by atoms with van der Waals surface area (Å²) in [6.07, 6.45) is 1.77. The maximum atomic E-state index is 12.0. The fourth-order valence-electron chi connectivity index (χ4n) is 1.64. The van der Waals surface area contributed by atoms with Gasteiger partial charge in [-0.2, -0.15) is 5.10 Å². The van der Waals surface area contributed by atoms with Crippen molar-refractivity contribution >= 4 is 17.4 Å². The number of amides is 1. The molecule has 0 bridgehead atoms. The molecule has 1 amide bonds. The fraction of sp³-hybridized carbons (Fsp3) is 0.167. The second-order valence-electron chi connectivity index (χ2n) is 4.00. The lowest BCUT2D eigenvalue weighted by atomic mass is 10.1. The minimum Gasteiger partial charge on any atom is -0.324 e. The van der Waals surface area contributed by atoms with Crippen LogP contribution in [0.5, 0.6) is 0 Å². The number of aromatic nitrogens is 2. The van der Waals surface area contributed by atoms with Crippen LogP contribution in [0.25, 0.3) is 0 Å². The number of aryl methyl sites for hydroxylation is 2. The second kappa shape index (κ2) is 4.89. The average Bonchev–Trinajstić information content (AvgIpc) is 2.74. The van der Waals surface area contributed by atoms with Gasteiger partial charge in [0, 0.05) is 24.9 Å². The van der Waals surface area contributed by atoms with Gasteiger partial charge in [-0.25, -0.2) is 0 Å². The van der Waals surface area contributed by atoms with E-state index in [1.165, 1.54) is 0 Å². The monoisotopic (exact) mass is 245 g/mol. The van der Waals surface area contributed by atoms with Gasteiger partial charge in [-0.05, 0) is 30.7 Å². The van der Waals surface area contributed by atoms with Crippen molar-refractivity contribution in [3.8, 4) is 0 Å². The van der Waals surface area contributed by atoms with Gasteiger partial charge in [0.2, 0.25) is 0 Å². The number of rotatable bonds is 3. The van der Waals surface area contributed by atoms with Gasteiger partial charge in [-0.15, -0.1) is 0 Å².